The number of imidazole rings is 1. The SMILES string of the molecule is CC1(C)c2ccccc2-c2ccc(-c3nc4occn4c3-c3ccc(Oc4ccccc4)cc3)cc21. The first kappa shape index (κ1) is 20.8. The number of aromatic nitrogens is 2. The van der Waals surface area contributed by atoms with Crippen molar-refractivity contribution in [1.29, 1.82) is 0 Å². The van der Waals surface area contributed by atoms with Crippen molar-refractivity contribution in [3.63, 3.8) is 0 Å². The van der Waals surface area contributed by atoms with E-state index in [1.165, 1.54) is 22.3 Å². The number of rotatable bonds is 4. The average Bonchev–Trinajstić information content (AvgIpc) is 3.57. The second-order valence-corrected chi connectivity index (χ2v) is 9.74. The summed E-state index contributed by atoms with van der Waals surface area (Å²) in [4.78, 5) is 4.90. The number of nitrogens with zero attached hydrogens (tertiary/aromatic N) is 2. The van der Waals surface area contributed by atoms with Crippen LogP contribution < -0.4 is 4.74 Å². The van der Waals surface area contributed by atoms with E-state index < -0.39 is 0 Å². The molecule has 0 unspecified atom stereocenters. The van der Waals surface area contributed by atoms with Gasteiger partial charge in [0, 0.05) is 22.7 Å². The van der Waals surface area contributed by atoms with E-state index in [-0.39, 0.29) is 5.41 Å². The highest BCUT2D eigenvalue weighted by Gasteiger charge is 2.35. The molecule has 0 N–H and O–H groups in total. The van der Waals surface area contributed by atoms with Crippen molar-refractivity contribution in [1.82, 2.24) is 9.38 Å². The molecule has 4 heteroatoms. The lowest BCUT2D eigenvalue weighted by Crippen LogP contribution is -2.14. The van der Waals surface area contributed by atoms with Crippen LogP contribution in [0.5, 0.6) is 11.5 Å². The quantitative estimate of drug-likeness (QED) is 0.261. The van der Waals surface area contributed by atoms with Gasteiger partial charge in [-0.3, -0.25) is 4.40 Å². The molecule has 0 radical (unpaired) electrons. The summed E-state index contributed by atoms with van der Waals surface area (Å²) in [5.74, 6) is 2.18. The van der Waals surface area contributed by atoms with E-state index in [1.54, 1.807) is 6.26 Å². The van der Waals surface area contributed by atoms with Crippen LogP contribution >= 0.6 is 0 Å². The Morgan fingerprint density at radius 1 is 0.722 bits per heavy atom. The van der Waals surface area contributed by atoms with E-state index in [4.69, 9.17) is 14.1 Å². The zero-order chi connectivity index (χ0) is 24.3. The molecular weight excluding hydrogens is 444 g/mol. The van der Waals surface area contributed by atoms with Gasteiger partial charge in [-0.25, -0.2) is 0 Å². The van der Waals surface area contributed by atoms with Crippen LogP contribution in [0.4, 0.5) is 0 Å². The molecule has 4 nitrogen and oxygen atoms in total. The van der Waals surface area contributed by atoms with Gasteiger partial charge in [-0.05, 0) is 64.7 Å². The summed E-state index contributed by atoms with van der Waals surface area (Å²) < 4.78 is 13.7. The highest BCUT2D eigenvalue weighted by atomic mass is 16.5. The predicted octanol–water partition coefficient (Wildman–Crippen LogP) is 8.36. The maximum absolute atomic E-state index is 6.00. The highest BCUT2D eigenvalue weighted by Crippen LogP contribution is 2.50. The summed E-state index contributed by atoms with van der Waals surface area (Å²) in [7, 11) is 0. The number of benzene rings is 4. The molecule has 174 valence electrons. The van der Waals surface area contributed by atoms with Gasteiger partial charge in [0.2, 0.25) is 0 Å². The van der Waals surface area contributed by atoms with Crippen molar-refractivity contribution in [2.75, 3.05) is 0 Å². The van der Waals surface area contributed by atoms with Gasteiger partial charge in [0.25, 0.3) is 0 Å². The molecule has 0 atom stereocenters. The lowest BCUT2D eigenvalue weighted by molar-refractivity contribution is 0.483. The Labute approximate surface area is 209 Å². The van der Waals surface area contributed by atoms with Crippen molar-refractivity contribution >= 4 is 5.84 Å². The monoisotopic (exact) mass is 468 g/mol. The first-order chi connectivity index (χ1) is 17.6. The maximum atomic E-state index is 6.00. The number of ether oxygens (including phenoxy) is 1. The van der Waals surface area contributed by atoms with Crippen LogP contribution in [0.3, 0.4) is 0 Å². The summed E-state index contributed by atoms with van der Waals surface area (Å²) in [6, 6.07) is 33.4. The molecule has 0 saturated heterocycles. The largest absolute Gasteiger partial charge is 0.457 e. The van der Waals surface area contributed by atoms with Crippen molar-refractivity contribution in [2.45, 2.75) is 19.3 Å². The van der Waals surface area contributed by atoms with Crippen LogP contribution in [-0.4, -0.2) is 9.38 Å². The lowest BCUT2D eigenvalue weighted by atomic mass is 9.82. The molecule has 1 aliphatic rings. The second-order valence-electron chi connectivity index (χ2n) is 9.74. The molecule has 0 aliphatic heterocycles. The zero-order valence-corrected chi connectivity index (χ0v) is 20.1. The number of para-hydroxylation sites is 1. The minimum Gasteiger partial charge on any atom is -0.457 e. The van der Waals surface area contributed by atoms with Gasteiger partial charge in [-0.1, -0.05) is 68.4 Å². The lowest BCUT2D eigenvalue weighted by Gasteiger charge is -2.21. The molecule has 0 fully saturated rings. The Morgan fingerprint density at radius 3 is 2.25 bits per heavy atom. The van der Waals surface area contributed by atoms with E-state index in [0.717, 1.165) is 34.0 Å². The number of fused-ring (bicyclic) bond motifs is 4. The van der Waals surface area contributed by atoms with Gasteiger partial charge in [-0.2, -0.15) is 4.98 Å². The topological polar surface area (TPSA) is 39.7 Å². The summed E-state index contributed by atoms with van der Waals surface area (Å²) >= 11 is 0. The second kappa shape index (κ2) is 7.72. The van der Waals surface area contributed by atoms with Crippen LogP contribution in [0.1, 0.15) is 25.0 Å². The van der Waals surface area contributed by atoms with E-state index in [2.05, 4.69) is 68.4 Å². The van der Waals surface area contributed by atoms with Crippen LogP contribution in [0.2, 0.25) is 0 Å². The number of oxazole rings is 1. The molecule has 2 heterocycles. The number of hydrogen-bond donors (Lipinski definition) is 0. The Morgan fingerprint density at radius 2 is 1.42 bits per heavy atom. The molecule has 6 aromatic rings. The van der Waals surface area contributed by atoms with Crippen molar-refractivity contribution in [3.05, 3.63) is 121 Å². The summed E-state index contributed by atoms with van der Waals surface area (Å²) in [6.07, 6.45) is 3.59. The fraction of sp³-hybridized carbons (Fsp3) is 0.0938. The fourth-order valence-corrected chi connectivity index (χ4v) is 5.42. The highest BCUT2D eigenvalue weighted by molar-refractivity contribution is 5.87. The molecular formula is C32H24N2O2. The fourth-order valence-electron chi connectivity index (χ4n) is 5.42. The first-order valence-electron chi connectivity index (χ1n) is 12.1. The van der Waals surface area contributed by atoms with E-state index in [9.17, 15) is 0 Å². The smallest absolute Gasteiger partial charge is 0.306 e. The molecule has 0 spiro atoms. The molecule has 0 amide bonds. The molecule has 7 rings (SSSR count). The minimum absolute atomic E-state index is 0.0720. The van der Waals surface area contributed by atoms with Crippen LogP contribution in [-0.2, 0) is 5.41 Å². The van der Waals surface area contributed by atoms with Crippen molar-refractivity contribution in [2.24, 2.45) is 0 Å². The van der Waals surface area contributed by atoms with E-state index >= 15 is 0 Å². The van der Waals surface area contributed by atoms with Crippen LogP contribution in [0.15, 0.2) is 114 Å². The minimum atomic E-state index is -0.0720. The standard InChI is InChI=1S/C32H24N2O2/c1-32(2)27-11-7-6-10-25(27)26-17-14-22(20-28(26)32)29-30(34-18-19-35-31(34)33-29)21-12-15-24(16-13-21)36-23-8-4-3-5-9-23/h3-20H,1-2H3. The third kappa shape index (κ3) is 3.11. The predicted molar refractivity (Wildman–Crippen MR) is 142 cm³/mol. The summed E-state index contributed by atoms with van der Waals surface area (Å²) in [5, 5.41) is 0. The molecule has 0 saturated carbocycles. The summed E-state index contributed by atoms with van der Waals surface area (Å²) in [5.41, 5.74) is 9.25. The average molecular weight is 469 g/mol. The van der Waals surface area contributed by atoms with Crippen LogP contribution in [0, 0.1) is 0 Å². The third-order valence-electron chi connectivity index (χ3n) is 7.23. The van der Waals surface area contributed by atoms with Gasteiger partial charge in [0.15, 0.2) is 0 Å². The van der Waals surface area contributed by atoms with Gasteiger partial charge < -0.3 is 9.15 Å². The van der Waals surface area contributed by atoms with Crippen LogP contribution in [0.25, 0.3) is 39.5 Å². The van der Waals surface area contributed by atoms with E-state index in [1.807, 2.05) is 53.1 Å². The Balaban J connectivity index is 1.33. The normalized spacial score (nSPS) is 13.5. The molecule has 2 aromatic heterocycles. The Bertz CT molecular complexity index is 1720. The van der Waals surface area contributed by atoms with Gasteiger partial charge >= 0.3 is 5.84 Å². The zero-order valence-electron chi connectivity index (χ0n) is 20.1. The molecule has 36 heavy (non-hydrogen) atoms. The first-order valence-corrected chi connectivity index (χ1v) is 12.1. The summed E-state index contributed by atoms with van der Waals surface area (Å²) in [6.45, 7) is 4.60. The maximum Gasteiger partial charge on any atom is 0.306 e. The van der Waals surface area contributed by atoms with Crippen molar-refractivity contribution in [3.8, 4) is 45.1 Å². The Kier molecular flexibility index (Phi) is 4.45. The van der Waals surface area contributed by atoms with Gasteiger partial charge in [0.05, 0.1) is 5.69 Å². The Hall–Kier alpha value is -4.57. The van der Waals surface area contributed by atoms with Crippen molar-refractivity contribution < 1.29 is 9.15 Å². The molecule has 1 aliphatic carbocycles. The van der Waals surface area contributed by atoms with Gasteiger partial charge in [0.1, 0.15) is 23.5 Å². The third-order valence-corrected chi connectivity index (χ3v) is 7.23. The molecule has 0 bridgehead atoms. The van der Waals surface area contributed by atoms with Gasteiger partial charge in [-0.15, -0.1) is 0 Å². The van der Waals surface area contributed by atoms with E-state index in [0.29, 0.717) is 5.84 Å². The number of hydrogen-bond acceptors (Lipinski definition) is 3. The molecule has 4 aromatic carbocycles.